The van der Waals surface area contributed by atoms with Gasteiger partial charge in [0.2, 0.25) is 0 Å². The van der Waals surface area contributed by atoms with Crippen molar-refractivity contribution in [3.8, 4) is 0 Å². The van der Waals surface area contributed by atoms with Crippen molar-refractivity contribution in [1.29, 1.82) is 0 Å². The highest BCUT2D eigenvalue weighted by atomic mass is 35.5. The summed E-state index contributed by atoms with van der Waals surface area (Å²) in [7, 11) is 0. The zero-order chi connectivity index (χ0) is 15.5. The summed E-state index contributed by atoms with van der Waals surface area (Å²) < 4.78 is 14.8. The van der Waals surface area contributed by atoms with Gasteiger partial charge in [-0.1, -0.05) is 18.5 Å². The Morgan fingerprint density at radius 3 is 2.86 bits per heavy atom. The van der Waals surface area contributed by atoms with E-state index >= 15 is 0 Å². The molecule has 1 saturated heterocycles. The van der Waals surface area contributed by atoms with Crippen molar-refractivity contribution in [3.63, 3.8) is 0 Å². The fraction of sp³-hybridized carbons (Fsp3) is 0.471. The third-order valence-electron chi connectivity index (χ3n) is 4.25. The largest absolute Gasteiger partial charge is 0.368 e. The van der Waals surface area contributed by atoms with E-state index in [4.69, 9.17) is 11.6 Å². The van der Waals surface area contributed by atoms with Crippen LogP contribution in [0.3, 0.4) is 0 Å². The zero-order valence-corrected chi connectivity index (χ0v) is 13.6. The van der Waals surface area contributed by atoms with Gasteiger partial charge in [-0.2, -0.15) is 0 Å². The van der Waals surface area contributed by atoms with Gasteiger partial charge in [-0.15, -0.1) is 0 Å². The second kappa shape index (κ2) is 6.80. The number of hydrogen-bond donors (Lipinski definition) is 0. The summed E-state index contributed by atoms with van der Waals surface area (Å²) in [6.07, 6.45) is 3.77. The standard InChI is InChI=1S/C17H21ClFN3/c1-2-8-21-9-3-10-22(12-11-21)15-5-4-13-14(18)6-7-20-17(13)16(15)19/h4-7H,2-3,8-12H2,1H3. The smallest absolute Gasteiger partial charge is 0.172 e. The van der Waals surface area contributed by atoms with Crippen molar-refractivity contribution >= 4 is 28.2 Å². The number of fused-ring (bicyclic) bond motifs is 1. The quantitative estimate of drug-likeness (QED) is 0.853. The minimum Gasteiger partial charge on any atom is -0.368 e. The van der Waals surface area contributed by atoms with Crippen LogP contribution in [0.4, 0.5) is 10.1 Å². The van der Waals surface area contributed by atoms with Crippen LogP contribution in [-0.4, -0.2) is 42.6 Å². The van der Waals surface area contributed by atoms with Crippen LogP contribution in [0.25, 0.3) is 10.9 Å². The Bertz CT molecular complexity index is 662. The number of rotatable bonds is 3. The Balaban J connectivity index is 1.88. The van der Waals surface area contributed by atoms with Crippen molar-refractivity contribution in [2.24, 2.45) is 0 Å². The molecule has 0 aliphatic carbocycles. The summed E-state index contributed by atoms with van der Waals surface area (Å²) in [5, 5.41) is 1.22. The number of aromatic nitrogens is 1. The Morgan fingerprint density at radius 2 is 2.05 bits per heavy atom. The molecule has 2 heterocycles. The molecule has 0 bridgehead atoms. The molecule has 22 heavy (non-hydrogen) atoms. The molecule has 3 nitrogen and oxygen atoms in total. The van der Waals surface area contributed by atoms with Crippen molar-refractivity contribution in [2.45, 2.75) is 19.8 Å². The number of nitrogens with zero attached hydrogens (tertiary/aromatic N) is 3. The van der Waals surface area contributed by atoms with Crippen LogP contribution >= 0.6 is 11.6 Å². The summed E-state index contributed by atoms with van der Waals surface area (Å²) >= 11 is 6.12. The van der Waals surface area contributed by atoms with Crippen LogP contribution in [0, 0.1) is 5.82 Å². The molecule has 0 radical (unpaired) electrons. The Kier molecular flexibility index (Phi) is 4.79. The lowest BCUT2D eigenvalue weighted by molar-refractivity contribution is 0.294. The fourth-order valence-electron chi connectivity index (χ4n) is 3.14. The molecule has 1 aliphatic heterocycles. The lowest BCUT2D eigenvalue weighted by Crippen LogP contribution is -2.31. The first-order chi connectivity index (χ1) is 10.7. The highest BCUT2D eigenvalue weighted by Crippen LogP contribution is 2.30. The normalized spacial score (nSPS) is 17.0. The number of anilines is 1. The molecule has 5 heteroatoms. The molecule has 0 unspecified atom stereocenters. The molecule has 0 amide bonds. The first-order valence-electron chi connectivity index (χ1n) is 7.90. The molecule has 1 fully saturated rings. The highest BCUT2D eigenvalue weighted by molar-refractivity contribution is 6.35. The van der Waals surface area contributed by atoms with E-state index < -0.39 is 0 Å². The predicted molar refractivity (Wildman–Crippen MR) is 90.3 cm³/mol. The first-order valence-corrected chi connectivity index (χ1v) is 8.28. The van der Waals surface area contributed by atoms with Gasteiger partial charge in [-0.25, -0.2) is 4.39 Å². The summed E-state index contributed by atoms with van der Waals surface area (Å²) in [5.74, 6) is -0.260. The van der Waals surface area contributed by atoms with Crippen LogP contribution < -0.4 is 4.90 Å². The van der Waals surface area contributed by atoms with Crippen molar-refractivity contribution < 1.29 is 4.39 Å². The SMILES string of the molecule is CCCN1CCCN(c2ccc3c(Cl)ccnc3c2F)CC1. The molecule has 0 saturated carbocycles. The Hall–Kier alpha value is -1.39. The molecular weight excluding hydrogens is 301 g/mol. The summed E-state index contributed by atoms with van der Waals surface area (Å²) in [4.78, 5) is 8.75. The van der Waals surface area contributed by atoms with Gasteiger partial charge < -0.3 is 9.80 Å². The maximum absolute atomic E-state index is 14.8. The molecule has 0 N–H and O–H groups in total. The van der Waals surface area contributed by atoms with Gasteiger partial charge in [0, 0.05) is 31.2 Å². The molecule has 1 aromatic heterocycles. The lowest BCUT2D eigenvalue weighted by atomic mass is 10.1. The van der Waals surface area contributed by atoms with E-state index in [1.807, 2.05) is 12.1 Å². The topological polar surface area (TPSA) is 19.4 Å². The summed E-state index contributed by atoms with van der Waals surface area (Å²) in [6.45, 7) is 7.11. The van der Waals surface area contributed by atoms with E-state index in [2.05, 4.69) is 21.7 Å². The van der Waals surface area contributed by atoms with E-state index in [-0.39, 0.29) is 5.82 Å². The van der Waals surface area contributed by atoms with Gasteiger partial charge in [0.15, 0.2) is 5.82 Å². The molecule has 1 aliphatic rings. The number of halogens is 2. The number of hydrogen-bond acceptors (Lipinski definition) is 3. The van der Waals surface area contributed by atoms with Gasteiger partial charge in [0.05, 0.1) is 10.7 Å². The minimum absolute atomic E-state index is 0.260. The van der Waals surface area contributed by atoms with Crippen LogP contribution in [0.2, 0.25) is 5.02 Å². The van der Waals surface area contributed by atoms with Gasteiger partial charge in [-0.05, 0) is 44.1 Å². The zero-order valence-electron chi connectivity index (χ0n) is 12.9. The van der Waals surface area contributed by atoms with Crippen LogP contribution in [0.1, 0.15) is 19.8 Å². The monoisotopic (exact) mass is 321 g/mol. The minimum atomic E-state index is -0.260. The van der Waals surface area contributed by atoms with E-state index in [9.17, 15) is 4.39 Å². The third-order valence-corrected chi connectivity index (χ3v) is 4.58. The highest BCUT2D eigenvalue weighted by Gasteiger charge is 2.19. The van der Waals surface area contributed by atoms with Gasteiger partial charge >= 0.3 is 0 Å². The maximum atomic E-state index is 14.8. The molecular formula is C17H21ClFN3. The molecule has 3 rings (SSSR count). The molecule has 0 atom stereocenters. The van der Waals surface area contributed by atoms with Crippen molar-refractivity contribution in [2.75, 3.05) is 37.6 Å². The third kappa shape index (κ3) is 3.03. The molecule has 0 spiro atoms. The van der Waals surface area contributed by atoms with Crippen molar-refractivity contribution in [1.82, 2.24) is 9.88 Å². The Morgan fingerprint density at radius 1 is 1.18 bits per heavy atom. The summed E-state index contributed by atoms with van der Waals surface area (Å²) in [5.41, 5.74) is 1.00. The van der Waals surface area contributed by atoms with E-state index in [1.165, 1.54) is 0 Å². The maximum Gasteiger partial charge on any atom is 0.172 e. The van der Waals surface area contributed by atoms with E-state index in [0.717, 1.165) is 45.6 Å². The van der Waals surface area contributed by atoms with Crippen LogP contribution in [0.5, 0.6) is 0 Å². The van der Waals surface area contributed by atoms with E-state index in [0.29, 0.717) is 21.6 Å². The molecule has 2 aromatic rings. The van der Waals surface area contributed by atoms with Crippen molar-refractivity contribution in [3.05, 3.63) is 35.2 Å². The van der Waals surface area contributed by atoms with E-state index in [1.54, 1.807) is 12.3 Å². The number of benzene rings is 1. The van der Waals surface area contributed by atoms with Gasteiger partial charge in [0.25, 0.3) is 0 Å². The second-order valence-corrected chi connectivity index (χ2v) is 6.18. The lowest BCUT2D eigenvalue weighted by Gasteiger charge is -2.24. The average molecular weight is 322 g/mol. The van der Waals surface area contributed by atoms with Crippen LogP contribution in [-0.2, 0) is 0 Å². The summed E-state index contributed by atoms with van der Waals surface area (Å²) in [6, 6.07) is 5.40. The van der Waals surface area contributed by atoms with Gasteiger partial charge in [0.1, 0.15) is 5.52 Å². The van der Waals surface area contributed by atoms with Crippen LogP contribution in [0.15, 0.2) is 24.4 Å². The number of pyridine rings is 1. The molecule has 1 aromatic carbocycles. The second-order valence-electron chi connectivity index (χ2n) is 5.77. The average Bonchev–Trinajstić information content (AvgIpc) is 2.75. The fourth-order valence-corrected chi connectivity index (χ4v) is 3.34. The predicted octanol–water partition coefficient (Wildman–Crippen LogP) is 3.95. The Labute approximate surface area is 135 Å². The first kappa shape index (κ1) is 15.5. The molecule has 118 valence electrons. The van der Waals surface area contributed by atoms with Gasteiger partial charge in [-0.3, -0.25) is 4.98 Å².